The second-order valence-corrected chi connectivity index (χ2v) is 4.06. The Morgan fingerprint density at radius 2 is 2.18 bits per heavy atom. The lowest BCUT2D eigenvalue weighted by atomic mass is 9.96. The Kier molecular flexibility index (Phi) is 5.48. The maximum Gasteiger partial charge on any atom is 0.306 e. The summed E-state index contributed by atoms with van der Waals surface area (Å²) in [4.78, 5) is 22.5. The minimum absolute atomic E-state index is 0.0852. The van der Waals surface area contributed by atoms with E-state index in [0.717, 1.165) is 6.42 Å². The summed E-state index contributed by atoms with van der Waals surface area (Å²) >= 11 is 0. The number of esters is 1. The third kappa shape index (κ3) is 4.38. The van der Waals surface area contributed by atoms with E-state index in [4.69, 9.17) is 17.3 Å². The summed E-state index contributed by atoms with van der Waals surface area (Å²) in [5.74, 6) is -0.553. The van der Waals surface area contributed by atoms with Gasteiger partial charge in [0.05, 0.1) is 12.5 Å². The van der Waals surface area contributed by atoms with E-state index in [9.17, 15) is 9.59 Å². The van der Waals surface area contributed by atoms with E-state index in [-0.39, 0.29) is 42.9 Å². The van der Waals surface area contributed by atoms with Crippen molar-refractivity contribution in [3.63, 3.8) is 0 Å². The number of carbonyl (C=O) groups excluding carboxylic acids is 2. The predicted molar refractivity (Wildman–Crippen MR) is 62.5 cm³/mol. The maximum absolute atomic E-state index is 11.5. The molecule has 0 aromatic rings. The molecule has 1 aliphatic rings. The molecule has 1 saturated heterocycles. The van der Waals surface area contributed by atoms with Crippen molar-refractivity contribution < 1.29 is 19.1 Å². The third-order valence-electron chi connectivity index (χ3n) is 2.75. The van der Waals surface area contributed by atoms with Gasteiger partial charge in [0.1, 0.15) is 14.0 Å². The van der Waals surface area contributed by atoms with Gasteiger partial charge in [-0.1, -0.05) is 6.92 Å². The van der Waals surface area contributed by atoms with Crippen LogP contribution < -0.4 is 5.32 Å². The van der Waals surface area contributed by atoms with Gasteiger partial charge in [0, 0.05) is 25.9 Å². The highest BCUT2D eigenvalue weighted by Gasteiger charge is 2.34. The Morgan fingerprint density at radius 1 is 1.47 bits per heavy atom. The Labute approximate surface area is 103 Å². The molecule has 94 valence electrons. The van der Waals surface area contributed by atoms with E-state index in [1.807, 2.05) is 6.92 Å². The van der Waals surface area contributed by atoms with Crippen LogP contribution in [0.2, 0.25) is 0 Å². The second-order valence-electron chi connectivity index (χ2n) is 4.06. The first kappa shape index (κ1) is 14.0. The molecular formula is C11H18BNO4. The quantitative estimate of drug-likeness (QED) is 0.546. The smallest absolute Gasteiger partial charge is 0.306 e. The molecule has 0 aliphatic carbocycles. The van der Waals surface area contributed by atoms with E-state index in [2.05, 4.69) is 5.32 Å². The number of amides is 1. The lowest BCUT2D eigenvalue weighted by Gasteiger charge is -2.17. The standard InChI is InChI=1S/C11H18BNO4/c1-3-7-8(6-9(12)16-7)17-11(15)5-4-10(14)13-2/h7-9H,3-6H2,1-2H3,(H,13,14). The van der Waals surface area contributed by atoms with E-state index in [0.29, 0.717) is 6.42 Å². The van der Waals surface area contributed by atoms with Crippen molar-refractivity contribution in [1.82, 2.24) is 5.32 Å². The van der Waals surface area contributed by atoms with Crippen LogP contribution in [0.15, 0.2) is 0 Å². The van der Waals surface area contributed by atoms with Crippen LogP contribution in [0, 0.1) is 0 Å². The van der Waals surface area contributed by atoms with Gasteiger partial charge in [0.15, 0.2) is 0 Å². The Bertz CT molecular complexity index is 285. The molecule has 6 heteroatoms. The number of ether oxygens (including phenoxy) is 2. The van der Waals surface area contributed by atoms with Crippen molar-refractivity contribution >= 4 is 19.7 Å². The molecule has 1 amide bonds. The van der Waals surface area contributed by atoms with E-state index in [1.54, 1.807) is 0 Å². The fourth-order valence-electron chi connectivity index (χ4n) is 1.80. The summed E-state index contributed by atoms with van der Waals surface area (Å²) in [5.41, 5.74) is 0. The molecule has 0 aromatic carbocycles. The molecule has 2 radical (unpaired) electrons. The summed E-state index contributed by atoms with van der Waals surface area (Å²) in [7, 11) is 7.17. The minimum Gasteiger partial charge on any atom is -0.460 e. The molecule has 0 aromatic heterocycles. The number of hydrogen-bond acceptors (Lipinski definition) is 4. The Balaban J connectivity index is 2.32. The second kappa shape index (κ2) is 6.64. The minimum atomic E-state index is -0.380. The lowest BCUT2D eigenvalue weighted by molar-refractivity contribution is -0.152. The zero-order valence-corrected chi connectivity index (χ0v) is 10.3. The summed E-state index contributed by atoms with van der Waals surface area (Å²) in [6, 6.07) is -0.364. The van der Waals surface area contributed by atoms with Crippen LogP contribution in [0.1, 0.15) is 32.6 Å². The molecule has 0 saturated carbocycles. The zero-order valence-electron chi connectivity index (χ0n) is 10.3. The van der Waals surface area contributed by atoms with Gasteiger partial charge in [-0.25, -0.2) is 0 Å². The first-order valence-corrected chi connectivity index (χ1v) is 5.88. The highest BCUT2D eigenvalue weighted by atomic mass is 16.6. The molecule has 5 nitrogen and oxygen atoms in total. The number of carbonyl (C=O) groups is 2. The maximum atomic E-state index is 11.5. The first-order valence-electron chi connectivity index (χ1n) is 5.88. The molecule has 1 rings (SSSR count). The van der Waals surface area contributed by atoms with Gasteiger partial charge in [-0.05, 0) is 6.42 Å². The van der Waals surface area contributed by atoms with Crippen molar-refractivity contribution in [1.29, 1.82) is 0 Å². The molecule has 1 N–H and O–H groups in total. The summed E-state index contributed by atoms with van der Waals surface area (Å²) in [6.45, 7) is 1.95. The van der Waals surface area contributed by atoms with E-state index < -0.39 is 0 Å². The molecule has 17 heavy (non-hydrogen) atoms. The first-order chi connectivity index (χ1) is 8.06. The van der Waals surface area contributed by atoms with Crippen molar-refractivity contribution in [2.75, 3.05) is 7.05 Å². The largest absolute Gasteiger partial charge is 0.460 e. The SMILES string of the molecule is [B]C1CC(OC(=O)CCC(=O)NC)C(CC)O1. The van der Waals surface area contributed by atoms with E-state index in [1.165, 1.54) is 7.05 Å². The Morgan fingerprint density at radius 3 is 2.76 bits per heavy atom. The van der Waals surface area contributed by atoms with Crippen LogP contribution in [-0.2, 0) is 19.1 Å². The van der Waals surface area contributed by atoms with Gasteiger partial charge in [-0.3, -0.25) is 9.59 Å². The van der Waals surface area contributed by atoms with Crippen molar-refractivity contribution in [3.05, 3.63) is 0 Å². The van der Waals surface area contributed by atoms with Crippen LogP contribution in [0.5, 0.6) is 0 Å². The Hall–Kier alpha value is -1.04. The molecule has 3 unspecified atom stereocenters. The average molecular weight is 239 g/mol. The highest BCUT2D eigenvalue weighted by molar-refractivity contribution is 6.11. The van der Waals surface area contributed by atoms with Crippen LogP contribution in [0.3, 0.4) is 0 Å². The van der Waals surface area contributed by atoms with Gasteiger partial charge in [0.2, 0.25) is 5.91 Å². The van der Waals surface area contributed by atoms with Crippen molar-refractivity contribution in [3.8, 4) is 0 Å². The summed E-state index contributed by atoms with van der Waals surface area (Å²) < 4.78 is 10.6. The number of rotatable bonds is 5. The molecular weight excluding hydrogens is 221 g/mol. The summed E-state index contributed by atoms with van der Waals surface area (Å²) in [5, 5.41) is 2.45. The fraction of sp³-hybridized carbons (Fsp3) is 0.818. The molecule has 1 aliphatic heterocycles. The zero-order chi connectivity index (χ0) is 12.8. The summed E-state index contributed by atoms with van der Waals surface area (Å²) in [6.07, 6.45) is 1.08. The average Bonchev–Trinajstić information content (AvgIpc) is 2.66. The van der Waals surface area contributed by atoms with Crippen LogP contribution in [-0.4, -0.2) is 45.0 Å². The number of hydrogen-bond donors (Lipinski definition) is 1. The van der Waals surface area contributed by atoms with Crippen molar-refractivity contribution in [2.24, 2.45) is 0 Å². The monoisotopic (exact) mass is 239 g/mol. The molecule has 1 heterocycles. The van der Waals surface area contributed by atoms with Crippen LogP contribution >= 0.6 is 0 Å². The van der Waals surface area contributed by atoms with Gasteiger partial charge < -0.3 is 14.8 Å². The third-order valence-corrected chi connectivity index (χ3v) is 2.75. The van der Waals surface area contributed by atoms with Gasteiger partial charge >= 0.3 is 5.97 Å². The molecule has 0 spiro atoms. The highest BCUT2D eigenvalue weighted by Crippen LogP contribution is 2.24. The molecule has 3 atom stereocenters. The topological polar surface area (TPSA) is 64.6 Å². The fourth-order valence-corrected chi connectivity index (χ4v) is 1.80. The van der Waals surface area contributed by atoms with Crippen LogP contribution in [0.25, 0.3) is 0 Å². The lowest BCUT2D eigenvalue weighted by Crippen LogP contribution is -2.27. The molecule has 1 fully saturated rings. The van der Waals surface area contributed by atoms with Gasteiger partial charge in [-0.15, -0.1) is 0 Å². The predicted octanol–water partition coefficient (Wildman–Crippen LogP) is 0.118. The number of nitrogens with one attached hydrogen (secondary N) is 1. The van der Waals surface area contributed by atoms with Gasteiger partial charge in [0.25, 0.3) is 0 Å². The van der Waals surface area contributed by atoms with E-state index >= 15 is 0 Å². The van der Waals surface area contributed by atoms with Crippen molar-refractivity contribution in [2.45, 2.75) is 50.8 Å². The van der Waals surface area contributed by atoms with Gasteiger partial charge in [-0.2, -0.15) is 0 Å². The molecule has 0 bridgehead atoms. The normalized spacial score (nSPS) is 27.8. The van der Waals surface area contributed by atoms with Crippen LogP contribution in [0.4, 0.5) is 0 Å².